The Morgan fingerprint density at radius 3 is 2.33 bits per heavy atom. The molecule has 2 aromatic rings. The van der Waals surface area contributed by atoms with E-state index >= 15 is 0 Å². The summed E-state index contributed by atoms with van der Waals surface area (Å²) in [5.74, 6) is -0.00749. The molecule has 0 spiro atoms. The summed E-state index contributed by atoms with van der Waals surface area (Å²) in [6, 6.07) is 11.6. The molecule has 0 radical (unpaired) electrons. The highest BCUT2D eigenvalue weighted by Gasteiger charge is 2.23. The average Bonchev–Trinajstić information content (AvgIpc) is 3.23. The molecule has 3 nitrogen and oxygen atoms in total. The summed E-state index contributed by atoms with van der Waals surface area (Å²) in [7, 11) is 0. The molecule has 0 atom stereocenters. The molecule has 1 aliphatic carbocycles. The van der Waals surface area contributed by atoms with Gasteiger partial charge in [0.1, 0.15) is 5.75 Å². The smallest absolute Gasteiger partial charge is 0.335 e. The van der Waals surface area contributed by atoms with E-state index in [0.29, 0.717) is 11.7 Å². The minimum Gasteiger partial charge on any atom is -0.490 e. The quantitative estimate of drug-likeness (QED) is 0.913. The maximum absolute atomic E-state index is 11.3. The fourth-order valence-corrected chi connectivity index (χ4v) is 2.49. The van der Waals surface area contributed by atoms with Crippen LogP contribution in [-0.4, -0.2) is 17.2 Å². The molecule has 0 bridgehead atoms. The summed E-state index contributed by atoms with van der Waals surface area (Å²) in [6.45, 7) is 3.83. The largest absolute Gasteiger partial charge is 0.490 e. The third kappa shape index (κ3) is 2.92. The molecule has 2 aromatic carbocycles. The molecule has 1 N–H and O–H groups in total. The van der Waals surface area contributed by atoms with Crippen LogP contribution in [0.3, 0.4) is 0 Å². The van der Waals surface area contributed by atoms with Crippen molar-refractivity contribution in [2.24, 2.45) is 0 Å². The Hall–Kier alpha value is -2.29. The SMILES string of the molecule is Cc1cc(C)c(-c2ccc(OC3CC3)cc2)cc1C(=O)O. The highest BCUT2D eigenvalue weighted by Crippen LogP contribution is 2.31. The fourth-order valence-electron chi connectivity index (χ4n) is 2.49. The van der Waals surface area contributed by atoms with E-state index in [4.69, 9.17) is 4.74 Å². The van der Waals surface area contributed by atoms with E-state index in [1.807, 2.05) is 44.2 Å². The van der Waals surface area contributed by atoms with Crippen molar-refractivity contribution in [3.8, 4) is 16.9 Å². The number of carboxylic acids is 1. The molecule has 3 rings (SSSR count). The molecular formula is C18H18O3. The first-order valence-corrected chi connectivity index (χ1v) is 7.16. The van der Waals surface area contributed by atoms with Gasteiger partial charge in [0, 0.05) is 0 Å². The van der Waals surface area contributed by atoms with Gasteiger partial charge in [-0.2, -0.15) is 0 Å². The monoisotopic (exact) mass is 282 g/mol. The molecule has 0 amide bonds. The van der Waals surface area contributed by atoms with Crippen LogP contribution in [-0.2, 0) is 0 Å². The van der Waals surface area contributed by atoms with Gasteiger partial charge in [-0.3, -0.25) is 0 Å². The van der Waals surface area contributed by atoms with Gasteiger partial charge in [-0.1, -0.05) is 18.2 Å². The Balaban J connectivity index is 1.95. The van der Waals surface area contributed by atoms with Gasteiger partial charge in [-0.05, 0) is 67.1 Å². The second kappa shape index (κ2) is 5.24. The number of carbonyl (C=O) groups is 1. The van der Waals surface area contributed by atoms with Crippen LogP contribution in [0.15, 0.2) is 36.4 Å². The van der Waals surface area contributed by atoms with Crippen molar-refractivity contribution in [1.29, 1.82) is 0 Å². The van der Waals surface area contributed by atoms with Gasteiger partial charge in [0.15, 0.2) is 0 Å². The molecule has 0 aromatic heterocycles. The highest BCUT2D eigenvalue weighted by atomic mass is 16.5. The van der Waals surface area contributed by atoms with Gasteiger partial charge in [0.25, 0.3) is 0 Å². The molecule has 1 aliphatic rings. The minimum atomic E-state index is -0.887. The van der Waals surface area contributed by atoms with Crippen LogP contribution in [0.25, 0.3) is 11.1 Å². The van der Waals surface area contributed by atoms with E-state index in [9.17, 15) is 9.90 Å². The Kier molecular flexibility index (Phi) is 3.42. The maximum atomic E-state index is 11.3. The second-order valence-corrected chi connectivity index (χ2v) is 5.63. The number of aromatic carboxylic acids is 1. The van der Waals surface area contributed by atoms with E-state index in [2.05, 4.69) is 0 Å². The van der Waals surface area contributed by atoms with Crippen LogP contribution in [0.2, 0.25) is 0 Å². The molecule has 3 heteroatoms. The number of benzene rings is 2. The van der Waals surface area contributed by atoms with E-state index in [0.717, 1.165) is 40.8 Å². The fraction of sp³-hybridized carbons (Fsp3) is 0.278. The van der Waals surface area contributed by atoms with Gasteiger partial charge in [-0.25, -0.2) is 4.79 Å². The van der Waals surface area contributed by atoms with E-state index in [-0.39, 0.29) is 0 Å². The standard InChI is InChI=1S/C18H18O3/c1-11-9-12(2)17(18(19)20)10-16(11)13-3-5-14(6-4-13)21-15-7-8-15/h3-6,9-10,15H,7-8H2,1-2H3,(H,19,20). The molecule has 1 saturated carbocycles. The van der Waals surface area contributed by atoms with Crippen molar-refractivity contribution in [2.45, 2.75) is 32.8 Å². The first kappa shape index (κ1) is 13.7. The topological polar surface area (TPSA) is 46.5 Å². The average molecular weight is 282 g/mol. The Morgan fingerprint density at radius 1 is 1.10 bits per heavy atom. The van der Waals surface area contributed by atoms with Crippen LogP contribution in [0.4, 0.5) is 0 Å². The van der Waals surface area contributed by atoms with Gasteiger partial charge in [-0.15, -0.1) is 0 Å². The van der Waals surface area contributed by atoms with Crippen molar-refractivity contribution in [3.05, 3.63) is 53.1 Å². The van der Waals surface area contributed by atoms with Crippen LogP contribution in [0.1, 0.15) is 34.3 Å². The van der Waals surface area contributed by atoms with Crippen molar-refractivity contribution >= 4 is 5.97 Å². The Morgan fingerprint density at radius 2 is 1.76 bits per heavy atom. The third-order valence-electron chi connectivity index (χ3n) is 3.79. The molecule has 21 heavy (non-hydrogen) atoms. The maximum Gasteiger partial charge on any atom is 0.335 e. The predicted molar refractivity (Wildman–Crippen MR) is 82.0 cm³/mol. The molecule has 0 saturated heterocycles. The second-order valence-electron chi connectivity index (χ2n) is 5.63. The number of hydrogen-bond donors (Lipinski definition) is 1. The molecule has 0 aliphatic heterocycles. The zero-order valence-electron chi connectivity index (χ0n) is 12.2. The summed E-state index contributed by atoms with van der Waals surface area (Å²) < 4.78 is 5.73. The molecule has 0 heterocycles. The lowest BCUT2D eigenvalue weighted by molar-refractivity contribution is 0.0696. The number of aryl methyl sites for hydroxylation is 2. The summed E-state index contributed by atoms with van der Waals surface area (Å²) in [5, 5.41) is 9.26. The number of ether oxygens (including phenoxy) is 1. The summed E-state index contributed by atoms with van der Waals surface area (Å²) in [4.78, 5) is 11.3. The number of rotatable bonds is 4. The summed E-state index contributed by atoms with van der Waals surface area (Å²) in [6.07, 6.45) is 2.66. The van der Waals surface area contributed by atoms with Crippen molar-refractivity contribution in [3.63, 3.8) is 0 Å². The van der Waals surface area contributed by atoms with Crippen LogP contribution >= 0.6 is 0 Å². The third-order valence-corrected chi connectivity index (χ3v) is 3.79. The van der Waals surface area contributed by atoms with Gasteiger partial charge >= 0.3 is 5.97 Å². The molecular weight excluding hydrogens is 264 g/mol. The molecule has 0 unspecified atom stereocenters. The lowest BCUT2D eigenvalue weighted by Crippen LogP contribution is -2.01. The summed E-state index contributed by atoms with van der Waals surface area (Å²) >= 11 is 0. The van der Waals surface area contributed by atoms with Gasteiger partial charge < -0.3 is 9.84 Å². The normalized spacial score (nSPS) is 14.0. The van der Waals surface area contributed by atoms with E-state index in [1.165, 1.54) is 0 Å². The Bertz CT molecular complexity index is 682. The van der Waals surface area contributed by atoms with Crippen LogP contribution in [0, 0.1) is 13.8 Å². The molecule has 108 valence electrons. The van der Waals surface area contributed by atoms with Gasteiger partial charge in [0.2, 0.25) is 0 Å². The first-order valence-electron chi connectivity index (χ1n) is 7.16. The number of hydrogen-bond acceptors (Lipinski definition) is 2. The highest BCUT2D eigenvalue weighted by molar-refractivity contribution is 5.91. The zero-order valence-corrected chi connectivity index (χ0v) is 12.2. The van der Waals surface area contributed by atoms with Crippen molar-refractivity contribution in [2.75, 3.05) is 0 Å². The lowest BCUT2D eigenvalue weighted by atomic mass is 9.95. The first-order chi connectivity index (χ1) is 10.0. The zero-order chi connectivity index (χ0) is 15.0. The lowest BCUT2D eigenvalue weighted by Gasteiger charge is -2.11. The molecule has 1 fully saturated rings. The minimum absolute atomic E-state index is 0.355. The van der Waals surface area contributed by atoms with Crippen LogP contribution < -0.4 is 4.74 Å². The van der Waals surface area contributed by atoms with Crippen molar-refractivity contribution < 1.29 is 14.6 Å². The predicted octanol–water partition coefficient (Wildman–Crippen LogP) is 4.21. The van der Waals surface area contributed by atoms with E-state index < -0.39 is 5.97 Å². The summed E-state index contributed by atoms with van der Waals surface area (Å²) in [5.41, 5.74) is 4.19. The van der Waals surface area contributed by atoms with Crippen molar-refractivity contribution in [1.82, 2.24) is 0 Å². The Labute approximate surface area is 124 Å². The van der Waals surface area contributed by atoms with Gasteiger partial charge in [0.05, 0.1) is 11.7 Å². The van der Waals surface area contributed by atoms with E-state index in [1.54, 1.807) is 6.07 Å². The van der Waals surface area contributed by atoms with Crippen LogP contribution in [0.5, 0.6) is 5.75 Å². The number of carboxylic acid groups (broad SMARTS) is 1.